The molecule has 0 bridgehead atoms. The first-order chi connectivity index (χ1) is 5.91. The average molecular weight is 179 g/mol. The van der Waals surface area contributed by atoms with E-state index in [2.05, 4.69) is 45.3 Å². The van der Waals surface area contributed by atoms with Crippen molar-refractivity contribution in [3.8, 4) is 0 Å². The van der Waals surface area contributed by atoms with E-state index in [9.17, 15) is 0 Å². The molecule has 0 N–H and O–H groups in total. The van der Waals surface area contributed by atoms with Crippen LogP contribution in [0.25, 0.3) is 0 Å². The van der Waals surface area contributed by atoms with Crippen LogP contribution in [0.3, 0.4) is 0 Å². The molecular formula is C12H21N. The predicted octanol–water partition coefficient (Wildman–Crippen LogP) is 3.97. The van der Waals surface area contributed by atoms with Gasteiger partial charge < -0.3 is 0 Å². The highest BCUT2D eigenvalue weighted by atomic mass is 14.7. The topological polar surface area (TPSA) is 12.4 Å². The Morgan fingerprint density at radius 2 is 1.92 bits per heavy atom. The minimum atomic E-state index is 0.173. The van der Waals surface area contributed by atoms with E-state index in [1.807, 2.05) is 13.1 Å². The summed E-state index contributed by atoms with van der Waals surface area (Å²) in [5.41, 5.74) is 2.36. The quantitative estimate of drug-likeness (QED) is 0.581. The van der Waals surface area contributed by atoms with Crippen LogP contribution in [0.4, 0.5) is 0 Å². The zero-order chi connectivity index (χ0) is 10.5. The first-order valence-electron chi connectivity index (χ1n) is 4.80. The van der Waals surface area contributed by atoms with Crippen molar-refractivity contribution < 1.29 is 0 Å². The second-order valence-corrected chi connectivity index (χ2v) is 4.17. The molecular weight excluding hydrogens is 158 g/mol. The van der Waals surface area contributed by atoms with Crippen molar-refractivity contribution >= 4 is 6.21 Å². The summed E-state index contributed by atoms with van der Waals surface area (Å²) in [6, 6.07) is 0. The maximum Gasteiger partial charge on any atom is 0.0329 e. The minimum Gasteiger partial charge on any atom is -0.262 e. The van der Waals surface area contributed by atoms with Crippen molar-refractivity contribution in [2.45, 2.75) is 41.0 Å². The third kappa shape index (κ3) is 4.66. The molecule has 74 valence electrons. The molecule has 13 heavy (non-hydrogen) atoms. The average Bonchev–Trinajstić information content (AvgIpc) is 2.02. The van der Waals surface area contributed by atoms with Crippen LogP contribution < -0.4 is 0 Å². The van der Waals surface area contributed by atoms with Crippen molar-refractivity contribution in [3.05, 3.63) is 23.9 Å². The molecule has 0 aromatic carbocycles. The zero-order valence-electron chi connectivity index (χ0n) is 9.52. The second-order valence-electron chi connectivity index (χ2n) is 4.17. The molecule has 0 aliphatic heterocycles. The third-order valence-corrected chi connectivity index (χ3v) is 1.97. The highest BCUT2D eigenvalue weighted by Crippen LogP contribution is 2.23. The summed E-state index contributed by atoms with van der Waals surface area (Å²) in [5.74, 6) is 0. The Kier molecular flexibility index (Phi) is 4.68. The maximum atomic E-state index is 4.29. The second kappa shape index (κ2) is 5.00. The molecule has 1 nitrogen and oxygen atoms in total. The molecule has 0 fully saturated rings. The van der Waals surface area contributed by atoms with Gasteiger partial charge in [0, 0.05) is 11.9 Å². The molecule has 0 aromatic heterocycles. The zero-order valence-corrected chi connectivity index (χ0v) is 9.52. The van der Waals surface area contributed by atoms with Crippen LogP contribution in [0.5, 0.6) is 0 Å². The lowest BCUT2D eigenvalue weighted by molar-refractivity contribution is 0.526. The molecule has 0 aliphatic carbocycles. The van der Waals surface area contributed by atoms with Crippen LogP contribution in [-0.4, -0.2) is 6.21 Å². The number of allylic oxidation sites excluding steroid dienone is 3. The summed E-state index contributed by atoms with van der Waals surface area (Å²) < 4.78 is 0. The van der Waals surface area contributed by atoms with Crippen LogP contribution in [-0.2, 0) is 0 Å². The van der Waals surface area contributed by atoms with Gasteiger partial charge in [0.15, 0.2) is 0 Å². The van der Waals surface area contributed by atoms with Crippen LogP contribution in [0.1, 0.15) is 41.0 Å². The monoisotopic (exact) mass is 179 g/mol. The fourth-order valence-electron chi connectivity index (χ4n) is 0.953. The van der Waals surface area contributed by atoms with Gasteiger partial charge in [-0.1, -0.05) is 40.3 Å². The summed E-state index contributed by atoms with van der Waals surface area (Å²) in [6.45, 7) is 14.5. The van der Waals surface area contributed by atoms with Gasteiger partial charge in [-0.2, -0.15) is 0 Å². The lowest BCUT2D eigenvalue weighted by Gasteiger charge is -2.19. The Morgan fingerprint density at radius 1 is 1.38 bits per heavy atom. The SMILES string of the molecule is C=C(CC)/N=C\C(=C/C)C(C)(C)C. The van der Waals surface area contributed by atoms with E-state index in [1.54, 1.807) is 0 Å². The molecule has 0 aliphatic rings. The van der Waals surface area contributed by atoms with Gasteiger partial charge in [-0.25, -0.2) is 0 Å². The Balaban J connectivity index is 4.50. The maximum absolute atomic E-state index is 4.29. The summed E-state index contributed by atoms with van der Waals surface area (Å²) in [6.07, 6.45) is 4.94. The van der Waals surface area contributed by atoms with Gasteiger partial charge in [-0.3, -0.25) is 4.99 Å². The molecule has 0 spiro atoms. The lowest BCUT2D eigenvalue weighted by atomic mass is 9.87. The number of aliphatic imine (C=N–C) groups is 1. The van der Waals surface area contributed by atoms with E-state index < -0.39 is 0 Å². The van der Waals surface area contributed by atoms with E-state index in [1.165, 1.54) is 5.57 Å². The first-order valence-corrected chi connectivity index (χ1v) is 4.80. The van der Waals surface area contributed by atoms with Crippen LogP contribution in [0.2, 0.25) is 0 Å². The Labute approximate surface area is 82.3 Å². The van der Waals surface area contributed by atoms with Crippen LogP contribution in [0.15, 0.2) is 28.9 Å². The molecule has 0 amide bonds. The minimum absolute atomic E-state index is 0.173. The normalized spacial score (nSPS) is 13.8. The van der Waals surface area contributed by atoms with Crippen molar-refractivity contribution in [2.75, 3.05) is 0 Å². The first kappa shape index (κ1) is 12.2. The van der Waals surface area contributed by atoms with Crippen molar-refractivity contribution in [2.24, 2.45) is 10.4 Å². The summed E-state index contributed by atoms with van der Waals surface area (Å²) >= 11 is 0. The number of nitrogens with zero attached hydrogens (tertiary/aromatic N) is 1. The van der Waals surface area contributed by atoms with Crippen molar-refractivity contribution in [1.29, 1.82) is 0 Å². The van der Waals surface area contributed by atoms with E-state index in [-0.39, 0.29) is 5.41 Å². The summed E-state index contributed by atoms with van der Waals surface area (Å²) in [7, 11) is 0. The molecule has 0 aromatic rings. The van der Waals surface area contributed by atoms with Crippen LogP contribution in [0, 0.1) is 5.41 Å². The standard InChI is InChI=1S/C12H21N/c1-7-10(3)13-9-11(8-2)12(4,5)6/h8-9H,3,7H2,1-2,4-6H3/b11-8+,13-9-. The highest BCUT2D eigenvalue weighted by Gasteiger charge is 2.13. The number of hydrogen-bond acceptors (Lipinski definition) is 1. The predicted molar refractivity (Wildman–Crippen MR) is 61.1 cm³/mol. The van der Waals surface area contributed by atoms with Gasteiger partial charge >= 0.3 is 0 Å². The molecule has 0 heterocycles. The van der Waals surface area contributed by atoms with Gasteiger partial charge in [0.1, 0.15) is 0 Å². The highest BCUT2D eigenvalue weighted by molar-refractivity contribution is 5.80. The van der Waals surface area contributed by atoms with Gasteiger partial charge in [0.2, 0.25) is 0 Å². The fraction of sp³-hybridized carbons (Fsp3) is 0.583. The van der Waals surface area contributed by atoms with Crippen LogP contribution >= 0.6 is 0 Å². The largest absolute Gasteiger partial charge is 0.262 e. The number of rotatable bonds is 3. The van der Waals surface area contributed by atoms with Gasteiger partial charge in [-0.15, -0.1) is 0 Å². The molecule has 0 rings (SSSR count). The van der Waals surface area contributed by atoms with E-state index in [0.29, 0.717) is 0 Å². The Hall–Kier alpha value is -0.850. The molecule has 1 heteroatoms. The van der Waals surface area contributed by atoms with Gasteiger partial charge in [0.25, 0.3) is 0 Å². The lowest BCUT2D eigenvalue weighted by Crippen LogP contribution is -2.10. The van der Waals surface area contributed by atoms with Crippen molar-refractivity contribution in [1.82, 2.24) is 0 Å². The molecule has 0 saturated carbocycles. The molecule has 0 unspecified atom stereocenters. The Bertz CT molecular complexity index is 226. The van der Waals surface area contributed by atoms with E-state index in [4.69, 9.17) is 0 Å². The third-order valence-electron chi connectivity index (χ3n) is 1.97. The Morgan fingerprint density at radius 3 is 2.23 bits per heavy atom. The van der Waals surface area contributed by atoms with E-state index in [0.717, 1.165) is 12.1 Å². The smallest absolute Gasteiger partial charge is 0.0329 e. The summed E-state index contributed by atoms with van der Waals surface area (Å²) in [4.78, 5) is 4.29. The van der Waals surface area contributed by atoms with Gasteiger partial charge in [0.05, 0.1) is 0 Å². The van der Waals surface area contributed by atoms with E-state index >= 15 is 0 Å². The summed E-state index contributed by atoms with van der Waals surface area (Å²) in [5, 5.41) is 0. The molecule has 0 saturated heterocycles. The number of hydrogen-bond donors (Lipinski definition) is 0. The van der Waals surface area contributed by atoms with Gasteiger partial charge in [-0.05, 0) is 24.3 Å². The van der Waals surface area contributed by atoms with Crippen molar-refractivity contribution in [3.63, 3.8) is 0 Å². The fourth-order valence-corrected chi connectivity index (χ4v) is 0.953. The molecule has 0 radical (unpaired) electrons. The molecule has 0 atom stereocenters.